The van der Waals surface area contributed by atoms with Crippen LogP contribution in [0.3, 0.4) is 0 Å². The third-order valence-electron chi connectivity index (χ3n) is 6.55. The summed E-state index contributed by atoms with van der Waals surface area (Å²) >= 11 is 0. The summed E-state index contributed by atoms with van der Waals surface area (Å²) in [5.41, 5.74) is 4.49. The maximum absolute atomic E-state index is 12.6. The van der Waals surface area contributed by atoms with Crippen LogP contribution in [0.25, 0.3) is 11.1 Å². The van der Waals surface area contributed by atoms with Crippen LogP contribution in [0.5, 0.6) is 0 Å². The number of alkyl carbamates (subject to hydrolysis) is 1. The second-order valence-electron chi connectivity index (χ2n) is 8.45. The maximum Gasteiger partial charge on any atom is 0.407 e. The number of ether oxygens (including phenoxy) is 1. The van der Waals surface area contributed by atoms with Gasteiger partial charge in [0.25, 0.3) is 0 Å². The fourth-order valence-corrected chi connectivity index (χ4v) is 4.54. The Kier molecular flexibility index (Phi) is 6.44. The molecule has 2 atom stereocenters. The molecule has 2 aromatic carbocycles. The van der Waals surface area contributed by atoms with E-state index in [4.69, 9.17) is 4.74 Å². The number of hydrogen-bond donors (Lipinski definition) is 3. The highest BCUT2D eigenvalue weighted by atomic mass is 16.5. The Labute approximate surface area is 187 Å². The second-order valence-corrected chi connectivity index (χ2v) is 8.45. The molecule has 0 bridgehead atoms. The number of carboxylic acids is 1. The summed E-state index contributed by atoms with van der Waals surface area (Å²) in [6.45, 7) is 1.91. The number of rotatable bonds is 8. The second kappa shape index (κ2) is 9.42. The molecule has 0 heterocycles. The smallest absolute Gasteiger partial charge is 0.407 e. The van der Waals surface area contributed by atoms with Gasteiger partial charge in [-0.1, -0.05) is 61.9 Å². The number of nitrogens with one attached hydrogen (secondary N) is 2. The lowest BCUT2D eigenvalue weighted by Gasteiger charge is -2.32. The lowest BCUT2D eigenvalue weighted by atomic mass is 9.79. The standard InChI is InChI=1S/C25H28N2O5/c1-2-21(23(28)27-22(24(29)30)15-8-7-9-15)26-25(31)32-14-20-18-12-5-3-10-16(18)17-11-4-6-13-19(17)20/h3-6,10-13,15,20-22H,2,7-9,14H2,1H3,(H,26,31)(H,27,28)(H,29,30). The van der Waals surface area contributed by atoms with Crippen molar-refractivity contribution >= 4 is 18.0 Å². The third-order valence-corrected chi connectivity index (χ3v) is 6.55. The van der Waals surface area contributed by atoms with Crippen LogP contribution < -0.4 is 10.6 Å². The molecular formula is C25H28N2O5. The largest absolute Gasteiger partial charge is 0.480 e. The topological polar surface area (TPSA) is 105 Å². The molecule has 3 N–H and O–H groups in total. The summed E-state index contributed by atoms with van der Waals surface area (Å²) in [4.78, 5) is 36.6. The monoisotopic (exact) mass is 436 g/mol. The highest BCUT2D eigenvalue weighted by Gasteiger charge is 2.35. The van der Waals surface area contributed by atoms with Crippen molar-refractivity contribution in [3.8, 4) is 11.1 Å². The van der Waals surface area contributed by atoms with Crippen molar-refractivity contribution in [2.75, 3.05) is 6.61 Å². The molecule has 2 aliphatic rings. The number of aliphatic carboxylic acids is 1. The van der Waals surface area contributed by atoms with E-state index >= 15 is 0 Å². The summed E-state index contributed by atoms with van der Waals surface area (Å²) in [5.74, 6) is -1.67. The van der Waals surface area contributed by atoms with Crippen LogP contribution in [-0.2, 0) is 14.3 Å². The van der Waals surface area contributed by atoms with Gasteiger partial charge in [-0.15, -0.1) is 0 Å². The van der Waals surface area contributed by atoms with Gasteiger partial charge in [-0.05, 0) is 47.4 Å². The molecule has 2 aromatic rings. The predicted molar refractivity (Wildman–Crippen MR) is 119 cm³/mol. The van der Waals surface area contributed by atoms with Gasteiger partial charge in [0.05, 0.1) is 0 Å². The summed E-state index contributed by atoms with van der Waals surface area (Å²) in [6.07, 6.45) is 2.18. The molecule has 0 saturated heterocycles. The van der Waals surface area contributed by atoms with E-state index in [1.807, 2.05) is 36.4 Å². The summed E-state index contributed by atoms with van der Waals surface area (Å²) in [5, 5.41) is 14.6. The van der Waals surface area contributed by atoms with Crippen LogP contribution in [-0.4, -0.2) is 41.8 Å². The van der Waals surface area contributed by atoms with Gasteiger partial charge in [0.1, 0.15) is 18.7 Å². The first kappa shape index (κ1) is 21.9. The quantitative estimate of drug-likeness (QED) is 0.586. The number of carbonyl (C=O) groups excluding carboxylic acids is 2. The summed E-state index contributed by atoms with van der Waals surface area (Å²) in [7, 11) is 0. The fourth-order valence-electron chi connectivity index (χ4n) is 4.54. The Morgan fingerprint density at radius 2 is 1.59 bits per heavy atom. The molecule has 7 nitrogen and oxygen atoms in total. The minimum Gasteiger partial charge on any atom is -0.480 e. The van der Waals surface area contributed by atoms with Gasteiger partial charge in [-0.3, -0.25) is 4.79 Å². The molecule has 2 unspecified atom stereocenters. The van der Waals surface area contributed by atoms with Crippen molar-refractivity contribution in [2.24, 2.45) is 5.92 Å². The Balaban J connectivity index is 1.37. The highest BCUT2D eigenvalue weighted by molar-refractivity contribution is 5.89. The van der Waals surface area contributed by atoms with E-state index in [9.17, 15) is 19.5 Å². The zero-order chi connectivity index (χ0) is 22.7. The molecule has 2 amide bonds. The van der Waals surface area contributed by atoms with E-state index in [-0.39, 0.29) is 18.4 Å². The van der Waals surface area contributed by atoms with Crippen molar-refractivity contribution < 1.29 is 24.2 Å². The average molecular weight is 437 g/mol. The number of carbonyl (C=O) groups is 3. The van der Waals surface area contributed by atoms with Gasteiger partial charge in [0.15, 0.2) is 0 Å². The van der Waals surface area contributed by atoms with E-state index < -0.39 is 30.1 Å². The molecule has 7 heteroatoms. The van der Waals surface area contributed by atoms with E-state index in [1.54, 1.807) is 6.92 Å². The van der Waals surface area contributed by atoms with Gasteiger partial charge in [0.2, 0.25) is 5.91 Å². The molecule has 0 spiro atoms. The lowest BCUT2D eigenvalue weighted by Crippen LogP contribution is -2.54. The lowest BCUT2D eigenvalue weighted by molar-refractivity contribution is -0.144. The van der Waals surface area contributed by atoms with Gasteiger partial charge >= 0.3 is 12.1 Å². The maximum atomic E-state index is 12.6. The first-order valence-corrected chi connectivity index (χ1v) is 11.1. The summed E-state index contributed by atoms with van der Waals surface area (Å²) < 4.78 is 5.51. The van der Waals surface area contributed by atoms with E-state index in [0.717, 1.165) is 41.5 Å². The molecule has 1 saturated carbocycles. The van der Waals surface area contributed by atoms with Crippen molar-refractivity contribution in [1.29, 1.82) is 0 Å². The van der Waals surface area contributed by atoms with E-state index in [2.05, 4.69) is 22.8 Å². The van der Waals surface area contributed by atoms with Crippen molar-refractivity contribution in [2.45, 2.75) is 50.6 Å². The van der Waals surface area contributed by atoms with Crippen LogP contribution in [0.4, 0.5) is 4.79 Å². The zero-order valence-corrected chi connectivity index (χ0v) is 18.0. The van der Waals surface area contributed by atoms with Crippen molar-refractivity contribution in [3.05, 3.63) is 59.7 Å². The first-order chi connectivity index (χ1) is 15.5. The molecule has 168 valence electrons. The predicted octanol–water partition coefficient (Wildman–Crippen LogP) is 3.67. The minimum absolute atomic E-state index is 0.0524. The van der Waals surface area contributed by atoms with Crippen molar-refractivity contribution in [3.63, 3.8) is 0 Å². The Hall–Kier alpha value is -3.35. The normalized spacial score (nSPS) is 16.8. The summed E-state index contributed by atoms with van der Waals surface area (Å²) in [6, 6.07) is 14.3. The molecular weight excluding hydrogens is 408 g/mol. The number of benzene rings is 2. The zero-order valence-electron chi connectivity index (χ0n) is 18.0. The van der Waals surface area contributed by atoms with Crippen molar-refractivity contribution in [1.82, 2.24) is 10.6 Å². The highest BCUT2D eigenvalue weighted by Crippen LogP contribution is 2.44. The van der Waals surface area contributed by atoms with E-state index in [0.29, 0.717) is 6.42 Å². The van der Waals surface area contributed by atoms with Crippen LogP contribution in [0.2, 0.25) is 0 Å². The minimum atomic E-state index is -1.04. The van der Waals surface area contributed by atoms with E-state index in [1.165, 1.54) is 0 Å². The molecule has 0 aromatic heterocycles. The molecule has 4 rings (SSSR count). The molecule has 32 heavy (non-hydrogen) atoms. The number of fused-ring (bicyclic) bond motifs is 3. The van der Waals surface area contributed by atoms with Gasteiger partial charge in [-0.2, -0.15) is 0 Å². The average Bonchev–Trinajstić information content (AvgIpc) is 3.08. The molecule has 0 radical (unpaired) electrons. The van der Waals surface area contributed by atoms with Gasteiger partial charge in [-0.25, -0.2) is 9.59 Å². The first-order valence-electron chi connectivity index (χ1n) is 11.1. The Morgan fingerprint density at radius 1 is 1.00 bits per heavy atom. The SMILES string of the molecule is CCC(NC(=O)OCC1c2ccccc2-c2ccccc21)C(=O)NC(C(=O)O)C1CCC1. The fraction of sp³-hybridized carbons (Fsp3) is 0.400. The Morgan fingerprint density at radius 3 is 2.09 bits per heavy atom. The van der Waals surface area contributed by atoms with Gasteiger partial charge in [0, 0.05) is 5.92 Å². The van der Waals surface area contributed by atoms with Gasteiger partial charge < -0.3 is 20.5 Å². The Bertz CT molecular complexity index is 971. The number of carboxylic acid groups (broad SMARTS) is 1. The third kappa shape index (κ3) is 4.33. The van der Waals surface area contributed by atoms with Crippen LogP contribution in [0.15, 0.2) is 48.5 Å². The van der Waals surface area contributed by atoms with Crippen LogP contribution in [0, 0.1) is 5.92 Å². The molecule has 1 fully saturated rings. The molecule has 0 aliphatic heterocycles. The number of hydrogen-bond acceptors (Lipinski definition) is 4. The number of amides is 2. The molecule has 2 aliphatic carbocycles. The van der Waals surface area contributed by atoms with Crippen LogP contribution >= 0.6 is 0 Å². The van der Waals surface area contributed by atoms with Crippen LogP contribution in [0.1, 0.15) is 49.7 Å².